The first kappa shape index (κ1) is 10.6. The molecule has 0 atom stereocenters. The first-order chi connectivity index (χ1) is 7.20. The van der Waals surface area contributed by atoms with Crippen LogP contribution >= 0.6 is 27.5 Å². The van der Waals surface area contributed by atoms with Gasteiger partial charge in [-0.25, -0.2) is 4.39 Å². The Kier molecular flexibility index (Phi) is 3.07. The molecule has 0 N–H and O–H groups in total. The van der Waals surface area contributed by atoms with Gasteiger partial charge in [-0.15, -0.1) is 0 Å². The molecule has 0 spiro atoms. The van der Waals surface area contributed by atoms with E-state index in [1.165, 1.54) is 18.2 Å². The summed E-state index contributed by atoms with van der Waals surface area (Å²) in [4.78, 5) is 0. The molecule has 2 aromatic rings. The van der Waals surface area contributed by atoms with Crippen molar-refractivity contribution in [1.82, 2.24) is 5.16 Å². The summed E-state index contributed by atoms with van der Waals surface area (Å²) in [5.41, 5.74) is 0.794. The molecule has 2 nitrogen and oxygen atoms in total. The largest absolute Gasteiger partial charge is 0.360 e. The Balaban J connectivity index is 2.48. The van der Waals surface area contributed by atoms with Crippen molar-refractivity contribution in [2.45, 2.75) is 5.33 Å². The number of nitrogens with zero attached hydrogens (tertiary/aromatic N) is 1. The van der Waals surface area contributed by atoms with E-state index in [0.717, 1.165) is 0 Å². The number of benzene rings is 1. The van der Waals surface area contributed by atoms with Crippen molar-refractivity contribution < 1.29 is 8.91 Å². The van der Waals surface area contributed by atoms with Crippen molar-refractivity contribution in [2.24, 2.45) is 0 Å². The lowest BCUT2D eigenvalue weighted by molar-refractivity contribution is 0.397. The fraction of sp³-hybridized carbons (Fsp3) is 0.100. The third kappa shape index (κ3) is 2.21. The average Bonchev–Trinajstić information content (AvgIpc) is 2.70. The van der Waals surface area contributed by atoms with Gasteiger partial charge in [-0.1, -0.05) is 32.7 Å². The zero-order chi connectivity index (χ0) is 10.8. The molecule has 2 rings (SSSR count). The van der Waals surface area contributed by atoms with Crippen molar-refractivity contribution in [3.8, 4) is 11.3 Å². The molecule has 0 saturated heterocycles. The Hall–Kier alpha value is -0.870. The van der Waals surface area contributed by atoms with E-state index in [9.17, 15) is 4.39 Å². The average molecular weight is 291 g/mol. The van der Waals surface area contributed by atoms with E-state index in [0.29, 0.717) is 27.4 Å². The van der Waals surface area contributed by atoms with Gasteiger partial charge >= 0.3 is 0 Å². The lowest BCUT2D eigenvalue weighted by Crippen LogP contribution is -1.83. The fourth-order valence-corrected chi connectivity index (χ4v) is 1.63. The molecule has 0 radical (unpaired) electrons. The summed E-state index contributed by atoms with van der Waals surface area (Å²) in [5, 5.41) is 4.77. The minimum absolute atomic E-state index is 0.346. The standard InChI is InChI=1S/C10H6BrClFNO/c11-5-7-4-10(14-15-7)8-3-6(12)1-2-9(8)13/h1-4H,5H2. The van der Waals surface area contributed by atoms with Crippen LogP contribution < -0.4 is 0 Å². The number of halogens is 3. The molecule has 1 aromatic carbocycles. The maximum absolute atomic E-state index is 13.4. The van der Waals surface area contributed by atoms with E-state index in [4.69, 9.17) is 16.1 Å². The van der Waals surface area contributed by atoms with E-state index in [1.54, 1.807) is 6.07 Å². The molecule has 0 aliphatic heterocycles. The van der Waals surface area contributed by atoms with E-state index in [-0.39, 0.29) is 5.82 Å². The van der Waals surface area contributed by atoms with E-state index < -0.39 is 0 Å². The van der Waals surface area contributed by atoms with Crippen LogP contribution in [0.3, 0.4) is 0 Å². The Morgan fingerprint density at radius 2 is 2.20 bits per heavy atom. The highest BCUT2D eigenvalue weighted by Gasteiger charge is 2.10. The highest BCUT2D eigenvalue weighted by molar-refractivity contribution is 9.08. The monoisotopic (exact) mass is 289 g/mol. The van der Waals surface area contributed by atoms with Gasteiger partial charge in [0.15, 0.2) is 0 Å². The van der Waals surface area contributed by atoms with Crippen LogP contribution in [-0.2, 0) is 5.33 Å². The topological polar surface area (TPSA) is 26.0 Å². The van der Waals surface area contributed by atoms with Crippen LogP contribution in [0.1, 0.15) is 5.76 Å². The van der Waals surface area contributed by atoms with Crippen LogP contribution in [0.2, 0.25) is 5.02 Å². The number of alkyl halides is 1. The molecule has 0 bridgehead atoms. The van der Waals surface area contributed by atoms with Gasteiger partial charge < -0.3 is 4.52 Å². The van der Waals surface area contributed by atoms with Crippen LogP contribution in [-0.4, -0.2) is 5.16 Å². The number of hydrogen-bond acceptors (Lipinski definition) is 2. The molecule has 0 fully saturated rings. The van der Waals surface area contributed by atoms with Crippen molar-refractivity contribution >= 4 is 27.5 Å². The predicted molar refractivity (Wildman–Crippen MR) is 59.5 cm³/mol. The van der Waals surface area contributed by atoms with Gasteiger partial charge in [0.1, 0.15) is 17.3 Å². The van der Waals surface area contributed by atoms with E-state index in [1.807, 2.05) is 0 Å². The zero-order valence-electron chi connectivity index (χ0n) is 7.51. The lowest BCUT2D eigenvalue weighted by Gasteiger charge is -1.98. The third-order valence-electron chi connectivity index (χ3n) is 1.90. The Labute approximate surface area is 99.2 Å². The SMILES string of the molecule is Fc1ccc(Cl)cc1-c1cc(CBr)on1. The fourth-order valence-electron chi connectivity index (χ4n) is 1.20. The van der Waals surface area contributed by atoms with E-state index >= 15 is 0 Å². The maximum atomic E-state index is 13.4. The molecular weight excluding hydrogens is 284 g/mol. The second-order valence-electron chi connectivity index (χ2n) is 2.94. The maximum Gasteiger partial charge on any atom is 0.147 e. The second-order valence-corrected chi connectivity index (χ2v) is 3.93. The third-order valence-corrected chi connectivity index (χ3v) is 2.68. The molecule has 0 unspecified atom stereocenters. The zero-order valence-corrected chi connectivity index (χ0v) is 9.85. The molecule has 5 heteroatoms. The van der Waals surface area contributed by atoms with Crippen LogP contribution in [0.4, 0.5) is 4.39 Å². The van der Waals surface area contributed by atoms with Gasteiger partial charge in [-0.2, -0.15) is 0 Å². The molecule has 0 amide bonds. The first-order valence-electron chi connectivity index (χ1n) is 4.17. The van der Waals surface area contributed by atoms with E-state index in [2.05, 4.69) is 21.1 Å². The van der Waals surface area contributed by atoms with Gasteiger partial charge in [0.05, 0.1) is 5.33 Å². The van der Waals surface area contributed by atoms with Crippen molar-refractivity contribution in [1.29, 1.82) is 0 Å². The summed E-state index contributed by atoms with van der Waals surface area (Å²) < 4.78 is 18.4. The number of hydrogen-bond donors (Lipinski definition) is 0. The highest BCUT2D eigenvalue weighted by Crippen LogP contribution is 2.26. The summed E-state index contributed by atoms with van der Waals surface area (Å²) in [6.07, 6.45) is 0. The quantitative estimate of drug-likeness (QED) is 0.781. The Morgan fingerprint density at radius 3 is 2.87 bits per heavy atom. The first-order valence-corrected chi connectivity index (χ1v) is 5.67. The highest BCUT2D eigenvalue weighted by atomic mass is 79.9. The van der Waals surface area contributed by atoms with Gasteiger partial charge in [0, 0.05) is 16.7 Å². The summed E-state index contributed by atoms with van der Waals surface area (Å²) in [6.45, 7) is 0. The summed E-state index contributed by atoms with van der Waals surface area (Å²) >= 11 is 9.00. The molecule has 78 valence electrons. The molecule has 0 aliphatic carbocycles. The molecular formula is C10H6BrClFNO. The minimum Gasteiger partial charge on any atom is -0.360 e. The molecule has 1 heterocycles. The summed E-state index contributed by atoms with van der Waals surface area (Å²) in [5.74, 6) is 0.276. The van der Waals surface area contributed by atoms with Crippen molar-refractivity contribution in [3.05, 3.63) is 40.9 Å². The van der Waals surface area contributed by atoms with Gasteiger partial charge in [-0.05, 0) is 18.2 Å². The minimum atomic E-state index is -0.367. The van der Waals surface area contributed by atoms with Crippen molar-refractivity contribution in [2.75, 3.05) is 0 Å². The molecule has 0 saturated carbocycles. The van der Waals surface area contributed by atoms with Crippen LogP contribution in [0, 0.1) is 5.82 Å². The smallest absolute Gasteiger partial charge is 0.147 e. The Morgan fingerprint density at radius 1 is 1.40 bits per heavy atom. The lowest BCUT2D eigenvalue weighted by atomic mass is 10.1. The predicted octanol–water partition coefficient (Wildman–Crippen LogP) is 4.03. The number of rotatable bonds is 2. The van der Waals surface area contributed by atoms with Crippen LogP contribution in [0.15, 0.2) is 28.8 Å². The molecule has 15 heavy (non-hydrogen) atoms. The number of aromatic nitrogens is 1. The Bertz CT molecular complexity index is 486. The van der Waals surface area contributed by atoms with Crippen LogP contribution in [0.25, 0.3) is 11.3 Å². The summed E-state index contributed by atoms with van der Waals surface area (Å²) in [6, 6.07) is 5.99. The van der Waals surface area contributed by atoms with Crippen molar-refractivity contribution in [3.63, 3.8) is 0 Å². The van der Waals surface area contributed by atoms with Gasteiger partial charge in [0.25, 0.3) is 0 Å². The molecule has 0 aliphatic rings. The van der Waals surface area contributed by atoms with Crippen LogP contribution in [0.5, 0.6) is 0 Å². The van der Waals surface area contributed by atoms with Gasteiger partial charge in [-0.3, -0.25) is 0 Å². The second kappa shape index (κ2) is 4.33. The molecule has 1 aromatic heterocycles. The summed E-state index contributed by atoms with van der Waals surface area (Å²) in [7, 11) is 0. The normalized spacial score (nSPS) is 10.6. The van der Waals surface area contributed by atoms with Gasteiger partial charge in [0.2, 0.25) is 0 Å².